The maximum Gasteiger partial charge on any atom is 0.226 e. The van der Waals surface area contributed by atoms with E-state index >= 15 is 0 Å². The van der Waals surface area contributed by atoms with Crippen molar-refractivity contribution in [2.45, 2.75) is 51.5 Å². The van der Waals surface area contributed by atoms with E-state index in [1.165, 1.54) is 0 Å². The Kier molecular flexibility index (Phi) is 6.10. The Hall–Kier alpha value is -1.85. The molecule has 25 heavy (non-hydrogen) atoms. The second-order valence-corrected chi connectivity index (χ2v) is 7.41. The molecule has 1 saturated heterocycles. The molecule has 138 valence electrons. The van der Waals surface area contributed by atoms with Crippen LogP contribution in [0.25, 0.3) is 0 Å². The lowest BCUT2D eigenvalue weighted by atomic mass is 9.77. The summed E-state index contributed by atoms with van der Waals surface area (Å²) in [5, 5.41) is 4.19. The summed E-state index contributed by atoms with van der Waals surface area (Å²) >= 11 is 0. The first kappa shape index (κ1) is 18.0. The molecule has 2 heterocycles. The van der Waals surface area contributed by atoms with Gasteiger partial charge < -0.3 is 9.80 Å². The molecule has 1 aliphatic carbocycles. The van der Waals surface area contributed by atoms with Gasteiger partial charge >= 0.3 is 0 Å². The summed E-state index contributed by atoms with van der Waals surface area (Å²) in [6.07, 6.45) is 10.6. The van der Waals surface area contributed by atoms with Crippen molar-refractivity contribution in [2.75, 3.05) is 26.7 Å². The maximum atomic E-state index is 13.0. The molecular formula is C19H30N4O2. The number of amides is 2. The Bertz CT molecular complexity index is 566. The van der Waals surface area contributed by atoms with Gasteiger partial charge in [-0.25, -0.2) is 0 Å². The van der Waals surface area contributed by atoms with E-state index < -0.39 is 0 Å². The van der Waals surface area contributed by atoms with Crippen LogP contribution in [0.15, 0.2) is 18.5 Å². The molecule has 1 aromatic rings. The molecule has 6 nitrogen and oxygen atoms in total. The zero-order valence-electron chi connectivity index (χ0n) is 15.3. The van der Waals surface area contributed by atoms with Gasteiger partial charge in [-0.2, -0.15) is 5.10 Å². The molecule has 1 saturated carbocycles. The van der Waals surface area contributed by atoms with Crippen LogP contribution in [0.2, 0.25) is 0 Å². The van der Waals surface area contributed by atoms with Crippen LogP contribution >= 0.6 is 0 Å². The van der Waals surface area contributed by atoms with E-state index in [0.717, 1.165) is 64.6 Å². The minimum atomic E-state index is -0.128. The Morgan fingerprint density at radius 1 is 1.12 bits per heavy atom. The standard InChI is InChI=1S/C19H30N4O2/c1-21(11-7-15-23-14-6-10-20-23)18(24)16-8-2-3-9-17(16)19(25)22-12-4-5-13-22/h6,10,14,16-17H,2-5,7-9,11-13,15H2,1H3/t16-,17+/m1/s1. The van der Waals surface area contributed by atoms with Crippen molar-refractivity contribution in [3.8, 4) is 0 Å². The van der Waals surface area contributed by atoms with Gasteiger partial charge in [0.1, 0.15) is 0 Å². The molecule has 0 aromatic carbocycles. The highest BCUT2D eigenvalue weighted by Crippen LogP contribution is 2.33. The predicted octanol–water partition coefficient (Wildman–Crippen LogP) is 2.16. The van der Waals surface area contributed by atoms with Crippen molar-refractivity contribution in [2.24, 2.45) is 11.8 Å². The van der Waals surface area contributed by atoms with Crippen molar-refractivity contribution < 1.29 is 9.59 Å². The molecule has 2 aliphatic rings. The summed E-state index contributed by atoms with van der Waals surface area (Å²) in [6.45, 7) is 3.26. The van der Waals surface area contributed by atoms with Crippen LogP contribution in [0.1, 0.15) is 44.9 Å². The van der Waals surface area contributed by atoms with Crippen LogP contribution in [-0.2, 0) is 16.1 Å². The van der Waals surface area contributed by atoms with E-state index in [2.05, 4.69) is 5.10 Å². The van der Waals surface area contributed by atoms with Gasteiger partial charge in [-0.1, -0.05) is 12.8 Å². The number of nitrogens with zero attached hydrogens (tertiary/aromatic N) is 4. The average Bonchev–Trinajstić information content (AvgIpc) is 3.34. The van der Waals surface area contributed by atoms with Gasteiger partial charge in [0.05, 0.1) is 0 Å². The smallest absolute Gasteiger partial charge is 0.226 e. The summed E-state index contributed by atoms with van der Waals surface area (Å²) in [4.78, 5) is 29.6. The minimum Gasteiger partial charge on any atom is -0.345 e. The zero-order valence-corrected chi connectivity index (χ0v) is 15.3. The molecule has 6 heteroatoms. The Balaban J connectivity index is 1.54. The molecule has 0 unspecified atom stereocenters. The van der Waals surface area contributed by atoms with E-state index in [0.29, 0.717) is 6.54 Å². The third-order valence-electron chi connectivity index (χ3n) is 5.63. The number of aryl methyl sites for hydroxylation is 1. The third kappa shape index (κ3) is 4.41. The number of rotatable bonds is 6. The molecular weight excluding hydrogens is 316 g/mol. The predicted molar refractivity (Wildman–Crippen MR) is 95.7 cm³/mol. The lowest BCUT2D eigenvalue weighted by Crippen LogP contribution is -2.45. The number of carbonyl (C=O) groups is 2. The molecule has 0 radical (unpaired) electrons. The summed E-state index contributed by atoms with van der Waals surface area (Å²) < 4.78 is 1.89. The highest BCUT2D eigenvalue weighted by molar-refractivity contribution is 5.88. The summed E-state index contributed by atoms with van der Waals surface area (Å²) in [7, 11) is 1.87. The topological polar surface area (TPSA) is 58.4 Å². The minimum absolute atomic E-state index is 0.104. The fourth-order valence-electron chi connectivity index (χ4n) is 4.19. The van der Waals surface area contributed by atoms with Crippen LogP contribution in [0.4, 0.5) is 0 Å². The van der Waals surface area contributed by atoms with Crippen LogP contribution in [0, 0.1) is 11.8 Å². The van der Waals surface area contributed by atoms with Crippen molar-refractivity contribution in [1.82, 2.24) is 19.6 Å². The Labute approximate surface area is 150 Å². The molecule has 2 fully saturated rings. The molecule has 0 bridgehead atoms. The summed E-state index contributed by atoms with van der Waals surface area (Å²) in [6, 6.07) is 1.91. The molecule has 3 rings (SSSR count). The average molecular weight is 346 g/mol. The van der Waals surface area contributed by atoms with Crippen LogP contribution in [0.5, 0.6) is 0 Å². The van der Waals surface area contributed by atoms with E-state index in [1.807, 2.05) is 33.8 Å². The molecule has 1 aliphatic heterocycles. The quantitative estimate of drug-likeness (QED) is 0.793. The van der Waals surface area contributed by atoms with Crippen LogP contribution < -0.4 is 0 Å². The lowest BCUT2D eigenvalue weighted by Gasteiger charge is -2.34. The second-order valence-electron chi connectivity index (χ2n) is 7.41. The van der Waals surface area contributed by atoms with E-state index in [9.17, 15) is 9.59 Å². The van der Waals surface area contributed by atoms with Gasteiger partial charge in [0.15, 0.2) is 0 Å². The number of hydrogen-bond acceptors (Lipinski definition) is 3. The van der Waals surface area contributed by atoms with Gasteiger partial charge in [-0.05, 0) is 38.2 Å². The Morgan fingerprint density at radius 3 is 2.52 bits per heavy atom. The van der Waals surface area contributed by atoms with Crippen molar-refractivity contribution >= 4 is 11.8 Å². The van der Waals surface area contributed by atoms with E-state index in [1.54, 1.807) is 6.20 Å². The Morgan fingerprint density at radius 2 is 1.84 bits per heavy atom. The zero-order chi connectivity index (χ0) is 17.6. The first-order valence-corrected chi connectivity index (χ1v) is 9.68. The van der Waals surface area contributed by atoms with Gasteiger partial charge in [0, 0.05) is 57.5 Å². The molecule has 2 atom stereocenters. The fourth-order valence-corrected chi connectivity index (χ4v) is 4.19. The van der Waals surface area contributed by atoms with E-state index in [4.69, 9.17) is 0 Å². The monoisotopic (exact) mass is 346 g/mol. The second kappa shape index (κ2) is 8.50. The summed E-state index contributed by atoms with van der Waals surface area (Å²) in [5.74, 6) is 0.141. The number of carbonyl (C=O) groups excluding carboxylic acids is 2. The van der Waals surface area contributed by atoms with Crippen molar-refractivity contribution in [1.29, 1.82) is 0 Å². The van der Waals surface area contributed by atoms with Crippen molar-refractivity contribution in [3.05, 3.63) is 18.5 Å². The van der Waals surface area contributed by atoms with Gasteiger partial charge in [0.2, 0.25) is 11.8 Å². The normalized spacial score (nSPS) is 23.6. The van der Waals surface area contributed by atoms with Gasteiger partial charge in [-0.15, -0.1) is 0 Å². The summed E-state index contributed by atoms with van der Waals surface area (Å²) in [5.41, 5.74) is 0. The van der Waals surface area contributed by atoms with Crippen molar-refractivity contribution in [3.63, 3.8) is 0 Å². The van der Waals surface area contributed by atoms with Crippen LogP contribution in [0.3, 0.4) is 0 Å². The molecule has 2 amide bonds. The van der Waals surface area contributed by atoms with E-state index in [-0.39, 0.29) is 23.7 Å². The number of aromatic nitrogens is 2. The largest absolute Gasteiger partial charge is 0.345 e. The molecule has 1 aromatic heterocycles. The lowest BCUT2D eigenvalue weighted by molar-refractivity contribution is -0.147. The maximum absolute atomic E-state index is 13.0. The molecule has 0 spiro atoms. The first-order valence-electron chi connectivity index (χ1n) is 9.68. The third-order valence-corrected chi connectivity index (χ3v) is 5.63. The number of likely N-dealkylation sites (tertiary alicyclic amines) is 1. The SMILES string of the molecule is CN(CCCn1cccn1)C(=O)[C@@H]1CCCC[C@@H]1C(=O)N1CCCC1. The fraction of sp³-hybridized carbons (Fsp3) is 0.737. The molecule has 0 N–H and O–H groups in total. The van der Waals surface area contributed by atoms with Gasteiger partial charge in [0.25, 0.3) is 0 Å². The highest BCUT2D eigenvalue weighted by atomic mass is 16.2. The highest BCUT2D eigenvalue weighted by Gasteiger charge is 2.39. The van der Waals surface area contributed by atoms with Crippen LogP contribution in [-0.4, -0.2) is 58.1 Å². The first-order chi connectivity index (χ1) is 12.2. The van der Waals surface area contributed by atoms with Gasteiger partial charge in [-0.3, -0.25) is 14.3 Å². The number of hydrogen-bond donors (Lipinski definition) is 0.